The number of anilines is 1. The number of amides is 1. The van der Waals surface area contributed by atoms with Crippen LogP contribution in [0, 0.1) is 10.1 Å². The van der Waals surface area contributed by atoms with E-state index >= 15 is 0 Å². The molecule has 9 heteroatoms. The van der Waals surface area contributed by atoms with E-state index in [0.717, 1.165) is 5.69 Å². The normalized spacial score (nSPS) is 15.1. The number of hydrogen-bond acceptors (Lipinski definition) is 7. The molecule has 0 aromatic heterocycles. The molecule has 0 spiro atoms. The van der Waals surface area contributed by atoms with E-state index in [9.17, 15) is 14.9 Å². The highest BCUT2D eigenvalue weighted by Gasteiger charge is 2.28. The molecule has 178 valence electrons. The Morgan fingerprint density at radius 1 is 1.09 bits per heavy atom. The molecule has 3 aromatic rings. The first-order chi connectivity index (χ1) is 17.1. The van der Waals surface area contributed by atoms with Crippen LogP contribution in [0.5, 0.6) is 0 Å². The molecule has 5 rings (SSSR count). The minimum absolute atomic E-state index is 0.0242. The number of hydrogen-bond donors (Lipinski definition) is 1. The Morgan fingerprint density at radius 3 is 2.40 bits per heavy atom. The summed E-state index contributed by atoms with van der Waals surface area (Å²) in [6.45, 7) is 2.56. The number of nitrogens with zero attached hydrogens (tertiary/aromatic N) is 3. The molecule has 3 aromatic carbocycles. The number of rotatable bonds is 7. The largest absolute Gasteiger partial charge is 0.378 e. The fourth-order valence-electron chi connectivity index (χ4n) is 4.51. The van der Waals surface area contributed by atoms with E-state index in [1.54, 1.807) is 17.8 Å². The van der Waals surface area contributed by atoms with Gasteiger partial charge in [0.25, 0.3) is 5.69 Å². The summed E-state index contributed by atoms with van der Waals surface area (Å²) in [5.74, 6) is 0.00195. The number of carbonyl (C=O) groups excluding carboxylic acids is 1. The van der Waals surface area contributed by atoms with Crippen LogP contribution < -0.4 is 10.3 Å². The topological polar surface area (TPSA) is 97.1 Å². The number of ether oxygens (including phenoxy) is 1. The summed E-state index contributed by atoms with van der Waals surface area (Å²) in [6, 6.07) is 21.2. The van der Waals surface area contributed by atoms with Gasteiger partial charge in [-0.2, -0.15) is 5.10 Å². The zero-order valence-electron chi connectivity index (χ0n) is 18.9. The summed E-state index contributed by atoms with van der Waals surface area (Å²) < 4.78 is 5.41. The summed E-state index contributed by atoms with van der Waals surface area (Å²) in [5.41, 5.74) is 8.79. The molecule has 1 aliphatic heterocycles. The van der Waals surface area contributed by atoms with Crippen LogP contribution in [0.2, 0.25) is 0 Å². The van der Waals surface area contributed by atoms with Crippen molar-refractivity contribution in [1.29, 1.82) is 0 Å². The lowest BCUT2D eigenvalue weighted by atomic mass is 10.1. The van der Waals surface area contributed by atoms with Crippen molar-refractivity contribution in [2.45, 2.75) is 5.25 Å². The average molecular weight is 489 g/mol. The number of carbonyl (C=O) groups is 1. The third-order valence-electron chi connectivity index (χ3n) is 6.12. The van der Waals surface area contributed by atoms with Gasteiger partial charge in [0.2, 0.25) is 5.91 Å². The molecule has 1 amide bonds. The number of non-ortho nitro benzene ring substituents is 1. The zero-order valence-corrected chi connectivity index (χ0v) is 19.7. The van der Waals surface area contributed by atoms with Crippen molar-refractivity contribution in [3.8, 4) is 11.1 Å². The smallest absolute Gasteiger partial charge is 0.270 e. The van der Waals surface area contributed by atoms with Crippen molar-refractivity contribution >= 4 is 35.3 Å². The summed E-state index contributed by atoms with van der Waals surface area (Å²) in [5, 5.41) is 15.5. The number of thioether (sulfide) groups is 1. The highest BCUT2D eigenvalue weighted by molar-refractivity contribution is 8.00. The van der Waals surface area contributed by atoms with Crippen LogP contribution >= 0.6 is 11.8 Å². The molecule has 0 saturated carbocycles. The predicted octanol–water partition coefficient (Wildman–Crippen LogP) is 4.38. The van der Waals surface area contributed by atoms with Gasteiger partial charge in [0.05, 0.1) is 35.4 Å². The summed E-state index contributed by atoms with van der Waals surface area (Å²) in [6.07, 6.45) is 1.47. The molecular formula is C26H24N4O4S. The van der Waals surface area contributed by atoms with E-state index in [0.29, 0.717) is 31.9 Å². The minimum atomic E-state index is -0.438. The van der Waals surface area contributed by atoms with Crippen molar-refractivity contribution in [2.75, 3.05) is 37.0 Å². The van der Waals surface area contributed by atoms with Crippen molar-refractivity contribution in [3.05, 3.63) is 93.5 Å². The van der Waals surface area contributed by atoms with Crippen molar-refractivity contribution in [1.82, 2.24) is 5.43 Å². The van der Waals surface area contributed by atoms with Gasteiger partial charge >= 0.3 is 0 Å². The van der Waals surface area contributed by atoms with E-state index in [-0.39, 0.29) is 22.6 Å². The fourth-order valence-corrected chi connectivity index (χ4v) is 5.66. The van der Waals surface area contributed by atoms with Crippen LogP contribution in [-0.4, -0.2) is 49.1 Å². The van der Waals surface area contributed by atoms with Crippen molar-refractivity contribution in [2.24, 2.45) is 5.10 Å². The SMILES string of the molecule is O=C(CSC1c2ccccc2-c2ccccc21)NN=Cc1cc([N+](=O)[O-])ccc1N1CCOCC1. The second kappa shape index (κ2) is 10.3. The Bertz CT molecular complexity index is 1240. The van der Waals surface area contributed by atoms with E-state index in [1.807, 2.05) is 24.3 Å². The molecule has 1 aliphatic carbocycles. The summed E-state index contributed by atoms with van der Waals surface area (Å²) >= 11 is 1.56. The molecule has 1 heterocycles. The van der Waals surface area contributed by atoms with E-state index in [4.69, 9.17) is 4.74 Å². The number of benzene rings is 3. The van der Waals surface area contributed by atoms with Crippen LogP contribution in [0.4, 0.5) is 11.4 Å². The lowest BCUT2D eigenvalue weighted by Gasteiger charge is -2.29. The molecule has 8 nitrogen and oxygen atoms in total. The third kappa shape index (κ3) is 4.91. The molecule has 0 bridgehead atoms. The lowest BCUT2D eigenvalue weighted by molar-refractivity contribution is -0.384. The molecule has 35 heavy (non-hydrogen) atoms. The molecule has 0 atom stereocenters. The molecule has 1 saturated heterocycles. The maximum atomic E-state index is 12.6. The highest BCUT2D eigenvalue weighted by atomic mass is 32.2. The summed E-state index contributed by atoms with van der Waals surface area (Å²) in [7, 11) is 0. The van der Waals surface area contributed by atoms with Crippen molar-refractivity contribution in [3.63, 3.8) is 0 Å². The Hall–Kier alpha value is -3.69. The van der Waals surface area contributed by atoms with Gasteiger partial charge in [0.15, 0.2) is 0 Å². The quantitative estimate of drug-likeness (QED) is 0.301. The Morgan fingerprint density at radius 2 is 1.74 bits per heavy atom. The van der Waals surface area contributed by atoms with Gasteiger partial charge in [-0.3, -0.25) is 14.9 Å². The molecule has 1 fully saturated rings. The maximum absolute atomic E-state index is 12.6. The first kappa shape index (κ1) is 23.1. The van der Waals surface area contributed by atoms with Gasteiger partial charge in [-0.1, -0.05) is 48.5 Å². The van der Waals surface area contributed by atoms with Crippen LogP contribution in [0.15, 0.2) is 71.8 Å². The number of morpholine rings is 1. The van der Waals surface area contributed by atoms with Crippen LogP contribution in [-0.2, 0) is 9.53 Å². The number of nitrogens with one attached hydrogen (secondary N) is 1. The van der Waals surface area contributed by atoms with Crippen LogP contribution in [0.3, 0.4) is 0 Å². The standard InChI is InChI=1S/C26H24N4O4S/c31-25(17-35-26-22-7-3-1-5-20(22)21-6-2-4-8-23(21)26)28-27-16-18-15-19(30(32)33)9-10-24(18)29-11-13-34-14-12-29/h1-10,15-16,26H,11-14,17H2,(H,28,31). The van der Waals surface area contributed by atoms with Crippen LogP contribution in [0.1, 0.15) is 21.9 Å². The Labute approximate surface area is 207 Å². The third-order valence-corrected chi connectivity index (χ3v) is 7.39. The van der Waals surface area contributed by atoms with Gasteiger partial charge < -0.3 is 9.64 Å². The highest BCUT2D eigenvalue weighted by Crippen LogP contribution is 2.49. The van der Waals surface area contributed by atoms with Crippen molar-refractivity contribution < 1.29 is 14.5 Å². The Balaban J connectivity index is 1.26. The first-order valence-corrected chi connectivity index (χ1v) is 12.4. The van der Waals surface area contributed by atoms with Gasteiger partial charge in [-0.25, -0.2) is 5.43 Å². The Kier molecular flexibility index (Phi) is 6.78. The molecule has 1 N–H and O–H groups in total. The van der Waals surface area contributed by atoms with E-state index < -0.39 is 4.92 Å². The molecule has 0 radical (unpaired) electrons. The molecule has 2 aliphatic rings. The fraction of sp³-hybridized carbons (Fsp3) is 0.231. The van der Waals surface area contributed by atoms with Gasteiger partial charge in [-0.05, 0) is 28.3 Å². The number of fused-ring (bicyclic) bond motifs is 3. The number of hydrazone groups is 1. The average Bonchev–Trinajstić information content (AvgIpc) is 3.21. The minimum Gasteiger partial charge on any atom is -0.378 e. The summed E-state index contributed by atoms with van der Waals surface area (Å²) in [4.78, 5) is 25.5. The lowest BCUT2D eigenvalue weighted by Crippen LogP contribution is -2.36. The zero-order chi connectivity index (χ0) is 24.2. The monoisotopic (exact) mass is 488 g/mol. The van der Waals surface area contributed by atoms with E-state index in [2.05, 4.69) is 39.7 Å². The van der Waals surface area contributed by atoms with Gasteiger partial charge in [0, 0.05) is 36.5 Å². The predicted molar refractivity (Wildman–Crippen MR) is 138 cm³/mol. The maximum Gasteiger partial charge on any atom is 0.270 e. The number of nitro groups is 1. The van der Waals surface area contributed by atoms with Crippen LogP contribution in [0.25, 0.3) is 11.1 Å². The number of nitro benzene ring substituents is 1. The van der Waals surface area contributed by atoms with Gasteiger partial charge in [-0.15, -0.1) is 11.8 Å². The first-order valence-electron chi connectivity index (χ1n) is 11.3. The molecule has 0 unspecified atom stereocenters. The second-order valence-corrected chi connectivity index (χ2v) is 9.35. The van der Waals surface area contributed by atoms with Gasteiger partial charge in [0.1, 0.15) is 0 Å². The second-order valence-electron chi connectivity index (χ2n) is 8.26. The van der Waals surface area contributed by atoms with E-state index in [1.165, 1.54) is 40.6 Å². The molecular weight excluding hydrogens is 464 g/mol.